The van der Waals surface area contributed by atoms with E-state index in [0.717, 1.165) is 11.2 Å². The molecule has 13 heavy (non-hydrogen) atoms. The van der Waals surface area contributed by atoms with Crippen LogP contribution in [0.25, 0.3) is 10.9 Å². The minimum atomic E-state index is 1.05. The van der Waals surface area contributed by atoms with E-state index in [0.29, 0.717) is 0 Å². The molecule has 0 radical (unpaired) electrons. The zero-order chi connectivity index (χ0) is 9.26. The van der Waals surface area contributed by atoms with Crippen LogP contribution in [0.5, 0.6) is 0 Å². The van der Waals surface area contributed by atoms with E-state index in [2.05, 4.69) is 35.4 Å². The van der Waals surface area contributed by atoms with E-state index < -0.39 is 0 Å². The Kier molecular flexibility index (Phi) is 1.89. The Bertz CT molecular complexity index is 435. The smallest absolute Gasteiger partial charge is 0.0725 e. The van der Waals surface area contributed by atoms with Gasteiger partial charge in [0.1, 0.15) is 0 Å². The molecule has 2 aromatic rings. The lowest BCUT2D eigenvalue weighted by molar-refractivity contribution is 1.36. The van der Waals surface area contributed by atoms with Gasteiger partial charge in [0.15, 0.2) is 0 Å². The van der Waals surface area contributed by atoms with Crippen LogP contribution in [0.15, 0.2) is 30.5 Å². The molecule has 0 atom stereocenters. The Morgan fingerprint density at radius 3 is 2.85 bits per heavy atom. The van der Waals surface area contributed by atoms with Crippen molar-refractivity contribution in [2.45, 2.75) is 6.92 Å². The van der Waals surface area contributed by atoms with Gasteiger partial charge in [-0.2, -0.15) is 0 Å². The molecule has 0 aliphatic heterocycles. The molecule has 2 nitrogen and oxygen atoms in total. The summed E-state index contributed by atoms with van der Waals surface area (Å²) in [6.45, 7) is 2.10. The molecule has 2 heteroatoms. The quantitative estimate of drug-likeness (QED) is 0.715. The van der Waals surface area contributed by atoms with Crippen molar-refractivity contribution >= 4 is 16.6 Å². The lowest BCUT2D eigenvalue weighted by Crippen LogP contribution is -1.89. The molecule has 0 unspecified atom stereocenters. The van der Waals surface area contributed by atoms with Crippen LogP contribution >= 0.6 is 0 Å². The highest BCUT2D eigenvalue weighted by Crippen LogP contribution is 2.19. The van der Waals surface area contributed by atoms with Gasteiger partial charge in [-0.3, -0.25) is 4.98 Å². The van der Waals surface area contributed by atoms with E-state index in [1.54, 1.807) is 0 Å². The van der Waals surface area contributed by atoms with Crippen LogP contribution < -0.4 is 5.32 Å². The summed E-state index contributed by atoms with van der Waals surface area (Å²) < 4.78 is 0. The highest BCUT2D eigenvalue weighted by atomic mass is 14.8. The Balaban J connectivity index is 2.72. The van der Waals surface area contributed by atoms with Crippen molar-refractivity contribution in [3.05, 3.63) is 36.0 Å². The predicted molar refractivity (Wildman–Crippen MR) is 56.0 cm³/mol. The van der Waals surface area contributed by atoms with Crippen LogP contribution in [-0.2, 0) is 0 Å². The first-order valence-corrected chi connectivity index (χ1v) is 4.34. The van der Waals surface area contributed by atoms with Crippen molar-refractivity contribution in [3.63, 3.8) is 0 Å². The fourth-order valence-corrected chi connectivity index (χ4v) is 1.45. The molecule has 0 saturated carbocycles. The van der Waals surface area contributed by atoms with E-state index in [9.17, 15) is 0 Å². The molecule has 1 heterocycles. The average molecular weight is 172 g/mol. The van der Waals surface area contributed by atoms with E-state index in [1.807, 2.05) is 19.3 Å². The summed E-state index contributed by atoms with van der Waals surface area (Å²) in [4.78, 5) is 4.31. The molecule has 0 saturated heterocycles. The molecule has 1 aromatic heterocycles. The molecule has 0 aliphatic carbocycles. The lowest BCUT2D eigenvalue weighted by atomic mass is 10.1. The fraction of sp³-hybridized carbons (Fsp3) is 0.182. The Hall–Kier alpha value is -1.57. The Morgan fingerprint density at radius 2 is 2.08 bits per heavy atom. The molecule has 1 N–H and O–H groups in total. The highest BCUT2D eigenvalue weighted by Gasteiger charge is 1.97. The largest absolute Gasteiger partial charge is 0.388 e. The van der Waals surface area contributed by atoms with Crippen LogP contribution in [0, 0.1) is 6.92 Å². The van der Waals surface area contributed by atoms with Crippen molar-refractivity contribution in [1.82, 2.24) is 4.98 Å². The number of aromatic nitrogens is 1. The van der Waals surface area contributed by atoms with Crippen molar-refractivity contribution in [1.29, 1.82) is 0 Å². The monoisotopic (exact) mass is 172 g/mol. The van der Waals surface area contributed by atoms with Gasteiger partial charge in [-0.25, -0.2) is 0 Å². The Morgan fingerprint density at radius 1 is 1.23 bits per heavy atom. The van der Waals surface area contributed by atoms with Gasteiger partial charge in [-0.1, -0.05) is 6.07 Å². The maximum Gasteiger partial charge on any atom is 0.0725 e. The number of hydrogen-bond donors (Lipinski definition) is 1. The first kappa shape index (κ1) is 8.05. The van der Waals surface area contributed by atoms with Crippen molar-refractivity contribution < 1.29 is 0 Å². The van der Waals surface area contributed by atoms with Gasteiger partial charge in [-0.15, -0.1) is 0 Å². The van der Waals surface area contributed by atoms with Gasteiger partial charge in [-0.05, 0) is 30.7 Å². The number of nitrogens with zero attached hydrogens (tertiary/aromatic N) is 1. The summed E-state index contributed by atoms with van der Waals surface area (Å²) in [5, 5.41) is 4.32. The number of benzene rings is 1. The second-order valence-electron chi connectivity index (χ2n) is 3.11. The first-order valence-electron chi connectivity index (χ1n) is 4.34. The number of rotatable bonds is 1. The van der Waals surface area contributed by atoms with E-state index >= 15 is 0 Å². The number of aryl methyl sites for hydroxylation is 1. The lowest BCUT2D eigenvalue weighted by Gasteiger charge is -2.03. The minimum absolute atomic E-state index is 1.05. The van der Waals surface area contributed by atoms with Gasteiger partial charge in [0.05, 0.1) is 5.52 Å². The van der Waals surface area contributed by atoms with E-state index in [1.165, 1.54) is 10.9 Å². The number of hydrogen-bond acceptors (Lipinski definition) is 2. The van der Waals surface area contributed by atoms with Gasteiger partial charge >= 0.3 is 0 Å². The molecular weight excluding hydrogens is 160 g/mol. The van der Waals surface area contributed by atoms with Gasteiger partial charge in [0, 0.05) is 24.3 Å². The molecule has 1 aromatic carbocycles. The zero-order valence-electron chi connectivity index (χ0n) is 7.83. The molecule has 0 bridgehead atoms. The number of nitrogens with one attached hydrogen (secondary N) is 1. The van der Waals surface area contributed by atoms with E-state index in [-0.39, 0.29) is 0 Å². The summed E-state index contributed by atoms with van der Waals surface area (Å²) in [6.07, 6.45) is 1.84. The summed E-state index contributed by atoms with van der Waals surface area (Å²) in [7, 11) is 1.91. The topological polar surface area (TPSA) is 24.9 Å². The maximum absolute atomic E-state index is 4.31. The number of fused-ring (bicyclic) bond motifs is 1. The third-order valence-electron chi connectivity index (χ3n) is 2.25. The summed E-state index contributed by atoms with van der Waals surface area (Å²) in [5.74, 6) is 0. The van der Waals surface area contributed by atoms with Gasteiger partial charge in [0.2, 0.25) is 0 Å². The number of anilines is 1. The summed E-state index contributed by atoms with van der Waals surface area (Å²) in [5.41, 5.74) is 3.42. The highest BCUT2D eigenvalue weighted by molar-refractivity contribution is 5.84. The van der Waals surface area contributed by atoms with E-state index in [4.69, 9.17) is 0 Å². The van der Waals surface area contributed by atoms with Crippen LogP contribution in [0.1, 0.15) is 5.56 Å². The molecule has 2 rings (SSSR count). The number of pyridine rings is 1. The molecule has 0 aliphatic rings. The van der Waals surface area contributed by atoms with Gasteiger partial charge < -0.3 is 5.32 Å². The SMILES string of the molecule is CNc1ccc2c(C)ccnc2c1. The zero-order valence-corrected chi connectivity index (χ0v) is 7.83. The van der Waals surface area contributed by atoms with Crippen LogP contribution in [-0.4, -0.2) is 12.0 Å². The minimum Gasteiger partial charge on any atom is -0.388 e. The maximum atomic E-state index is 4.31. The Labute approximate surface area is 77.6 Å². The van der Waals surface area contributed by atoms with Crippen molar-refractivity contribution in [3.8, 4) is 0 Å². The van der Waals surface area contributed by atoms with Crippen LogP contribution in [0.3, 0.4) is 0 Å². The second kappa shape index (κ2) is 3.05. The average Bonchev–Trinajstić information content (AvgIpc) is 2.18. The normalized spacial score (nSPS) is 10.3. The molecule has 66 valence electrons. The molecular formula is C11H12N2. The molecule has 0 fully saturated rings. The van der Waals surface area contributed by atoms with Crippen LogP contribution in [0.4, 0.5) is 5.69 Å². The summed E-state index contributed by atoms with van der Waals surface area (Å²) >= 11 is 0. The summed E-state index contributed by atoms with van der Waals surface area (Å²) in [6, 6.07) is 8.25. The first-order chi connectivity index (χ1) is 6.31. The van der Waals surface area contributed by atoms with Crippen molar-refractivity contribution in [2.75, 3.05) is 12.4 Å². The van der Waals surface area contributed by atoms with Crippen LogP contribution in [0.2, 0.25) is 0 Å². The second-order valence-corrected chi connectivity index (χ2v) is 3.11. The fourth-order valence-electron chi connectivity index (χ4n) is 1.45. The third kappa shape index (κ3) is 1.35. The van der Waals surface area contributed by atoms with Gasteiger partial charge in [0.25, 0.3) is 0 Å². The van der Waals surface area contributed by atoms with Crippen molar-refractivity contribution in [2.24, 2.45) is 0 Å². The molecule has 0 spiro atoms. The molecule has 0 amide bonds. The predicted octanol–water partition coefficient (Wildman–Crippen LogP) is 2.58. The standard InChI is InChI=1S/C11H12N2/c1-8-5-6-13-11-7-9(12-2)3-4-10(8)11/h3-7,12H,1-2H3. The third-order valence-corrected chi connectivity index (χ3v) is 2.25.